The van der Waals surface area contributed by atoms with Gasteiger partial charge in [-0.3, -0.25) is 9.59 Å². The number of unbranched alkanes of at least 4 members (excludes halogenated alkanes) is 11. The first-order chi connectivity index (χ1) is 14.5. The Balaban J connectivity index is 2.18. The summed E-state index contributed by atoms with van der Waals surface area (Å²) < 4.78 is 5.80. The van der Waals surface area contributed by atoms with Crippen molar-refractivity contribution in [2.24, 2.45) is 17.8 Å². The summed E-state index contributed by atoms with van der Waals surface area (Å²) in [6.07, 6.45) is 21.2. The third-order valence-corrected chi connectivity index (χ3v) is 6.41. The van der Waals surface area contributed by atoms with E-state index in [4.69, 9.17) is 4.74 Å². The number of carboxylic acid groups (broad SMARTS) is 1. The maximum Gasteiger partial charge on any atom is 0.310 e. The monoisotopic (exact) mass is 422 g/mol. The number of hydrogen-bond donors (Lipinski definition) is 1. The molecule has 4 nitrogen and oxygen atoms in total. The maximum absolute atomic E-state index is 12.6. The fourth-order valence-corrected chi connectivity index (χ4v) is 4.30. The summed E-state index contributed by atoms with van der Waals surface area (Å²) in [5.74, 6) is -2.17. The predicted octanol–water partition coefficient (Wildman–Crippen LogP) is 7.31. The molecule has 3 unspecified atom stereocenters. The molecule has 0 spiro atoms. The first kappa shape index (κ1) is 26.7. The number of aliphatic carboxylic acids is 1. The smallest absolute Gasteiger partial charge is 0.310 e. The highest BCUT2D eigenvalue weighted by Gasteiger charge is 2.36. The molecule has 0 saturated heterocycles. The minimum absolute atomic E-state index is 0.110. The lowest BCUT2D eigenvalue weighted by molar-refractivity contribution is -0.164. The van der Waals surface area contributed by atoms with Gasteiger partial charge in [-0.1, -0.05) is 104 Å². The van der Waals surface area contributed by atoms with Gasteiger partial charge in [0.05, 0.1) is 11.8 Å². The highest BCUT2D eigenvalue weighted by Crippen LogP contribution is 2.29. The number of carboxylic acids is 1. The third-order valence-electron chi connectivity index (χ3n) is 6.41. The van der Waals surface area contributed by atoms with Crippen molar-refractivity contribution in [1.29, 1.82) is 0 Å². The highest BCUT2D eigenvalue weighted by molar-refractivity contribution is 5.81. The molecule has 0 aromatic carbocycles. The molecule has 0 heterocycles. The van der Waals surface area contributed by atoms with Gasteiger partial charge in [-0.15, -0.1) is 0 Å². The zero-order valence-electron chi connectivity index (χ0n) is 19.7. The topological polar surface area (TPSA) is 63.6 Å². The van der Waals surface area contributed by atoms with Crippen LogP contribution in [0.25, 0.3) is 0 Å². The molecule has 3 atom stereocenters. The van der Waals surface area contributed by atoms with Crippen LogP contribution in [-0.4, -0.2) is 23.1 Å². The van der Waals surface area contributed by atoms with Crippen molar-refractivity contribution in [1.82, 2.24) is 0 Å². The minimum atomic E-state index is -0.900. The van der Waals surface area contributed by atoms with E-state index in [9.17, 15) is 14.7 Å². The van der Waals surface area contributed by atoms with Crippen LogP contribution in [0.5, 0.6) is 0 Å². The van der Waals surface area contributed by atoms with E-state index in [1.807, 2.05) is 12.2 Å². The Morgan fingerprint density at radius 2 is 1.30 bits per heavy atom. The Kier molecular flexibility index (Phi) is 14.6. The number of hydrogen-bond acceptors (Lipinski definition) is 3. The van der Waals surface area contributed by atoms with Crippen LogP contribution in [-0.2, 0) is 14.3 Å². The summed E-state index contributed by atoms with van der Waals surface area (Å²) in [6, 6.07) is 0. The predicted molar refractivity (Wildman–Crippen MR) is 123 cm³/mol. The van der Waals surface area contributed by atoms with Crippen LogP contribution in [0.3, 0.4) is 0 Å². The largest absolute Gasteiger partial charge is 0.481 e. The summed E-state index contributed by atoms with van der Waals surface area (Å²) in [7, 11) is 0. The van der Waals surface area contributed by atoms with Crippen molar-refractivity contribution in [3.05, 3.63) is 12.2 Å². The van der Waals surface area contributed by atoms with E-state index < -0.39 is 17.8 Å². The van der Waals surface area contributed by atoms with Crippen LogP contribution >= 0.6 is 0 Å². The molecule has 1 N–H and O–H groups in total. The van der Waals surface area contributed by atoms with Crippen molar-refractivity contribution in [3.8, 4) is 0 Å². The number of allylic oxidation sites excluding steroid dienone is 2. The van der Waals surface area contributed by atoms with E-state index in [1.165, 1.54) is 70.6 Å². The number of esters is 1. The van der Waals surface area contributed by atoms with E-state index in [1.54, 1.807) is 0 Å². The van der Waals surface area contributed by atoms with Crippen LogP contribution in [0.4, 0.5) is 0 Å². The molecular weight excluding hydrogens is 376 g/mol. The lowest BCUT2D eigenvalue weighted by Crippen LogP contribution is -2.35. The van der Waals surface area contributed by atoms with Gasteiger partial charge in [0.2, 0.25) is 0 Å². The Labute approximate surface area is 184 Å². The first-order valence-electron chi connectivity index (χ1n) is 12.6. The molecule has 0 aliphatic heterocycles. The Morgan fingerprint density at radius 1 is 0.833 bits per heavy atom. The molecular formula is C26H46O4. The molecule has 174 valence electrons. The second kappa shape index (κ2) is 16.4. The molecule has 0 aromatic rings. The molecule has 30 heavy (non-hydrogen) atoms. The summed E-state index contributed by atoms with van der Waals surface area (Å²) >= 11 is 0. The quantitative estimate of drug-likeness (QED) is 0.152. The van der Waals surface area contributed by atoms with Gasteiger partial charge >= 0.3 is 11.9 Å². The van der Waals surface area contributed by atoms with Gasteiger partial charge in [0, 0.05) is 0 Å². The minimum Gasteiger partial charge on any atom is -0.481 e. The molecule has 1 aliphatic carbocycles. The molecule has 0 radical (unpaired) electrons. The second-order valence-electron chi connectivity index (χ2n) is 9.39. The van der Waals surface area contributed by atoms with Crippen LogP contribution < -0.4 is 0 Å². The molecule has 4 heteroatoms. The van der Waals surface area contributed by atoms with Crippen molar-refractivity contribution in [2.75, 3.05) is 0 Å². The first-order valence-corrected chi connectivity index (χ1v) is 12.6. The lowest BCUT2D eigenvalue weighted by Gasteiger charge is -2.28. The average Bonchev–Trinajstić information content (AvgIpc) is 2.73. The number of carbonyl (C=O) groups excluding carboxylic acids is 1. The normalized spacial score (nSPS) is 19.7. The Morgan fingerprint density at radius 3 is 1.77 bits per heavy atom. The molecule has 0 aromatic heterocycles. The fourth-order valence-electron chi connectivity index (χ4n) is 4.30. The molecule has 0 fully saturated rings. The summed E-state index contributed by atoms with van der Waals surface area (Å²) in [6.45, 7) is 6.41. The average molecular weight is 423 g/mol. The van der Waals surface area contributed by atoms with Crippen LogP contribution in [0, 0.1) is 17.8 Å². The summed E-state index contributed by atoms with van der Waals surface area (Å²) in [5, 5.41) is 9.39. The van der Waals surface area contributed by atoms with E-state index in [0.717, 1.165) is 12.8 Å². The van der Waals surface area contributed by atoms with E-state index in [-0.39, 0.29) is 18.0 Å². The van der Waals surface area contributed by atoms with Gasteiger partial charge in [-0.25, -0.2) is 0 Å². The van der Waals surface area contributed by atoms with Gasteiger partial charge in [0.1, 0.15) is 6.10 Å². The standard InChI is InChI=1S/C26H46O4/c1-4-5-6-7-8-9-10-11-12-13-14-15-20-24(21(2)3)30-26(29)23-19-17-16-18-22(23)25(27)28/h16-17,21-24H,4-15,18-20H2,1-3H3,(H,27,28). The van der Waals surface area contributed by atoms with E-state index in [2.05, 4.69) is 20.8 Å². The van der Waals surface area contributed by atoms with Crippen molar-refractivity contribution in [3.63, 3.8) is 0 Å². The molecule has 0 bridgehead atoms. The van der Waals surface area contributed by atoms with Crippen molar-refractivity contribution in [2.45, 2.75) is 123 Å². The SMILES string of the molecule is CCCCCCCCCCCCCCC(OC(=O)C1CC=CCC1C(=O)O)C(C)C. The maximum atomic E-state index is 12.6. The Bertz CT molecular complexity index is 497. The number of rotatable bonds is 17. The van der Waals surface area contributed by atoms with Gasteiger partial charge in [-0.05, 0) is 31.6 Å². The lowest BCUT2D eigenvalue weighted by atomic mass is 9.83. The number of carbonyl (C=O) groups is 2. The molecule has 1 rings (SSSR count). The fraction of sp³-hybridized carbons (Fsp3) is 0.846. The Hall–Kier alpha value is -1.32. The zero-order chi connectivity index (χ0) is 22.2. The zero-order valence-corrected chi connectivity index (χ0v) is 19.7. The van der Waals surface area contributed by atoms with Crippen LogP contribution in [0.1, 0.15) is 117 Å². The van der Waals surface area contributed by atoms with Gasteiger partial charge in [0.15, 0.2) is 0 Å². The number of ether oxygens (including phenoxy) is 1. The van der Waals surface area contributed by atoms with Crippen molar-refractivity contribution < 1.29 is 19.4 Å². The van der Waals surface area contributed by atoms with Gasteiger partial charge < -0.3 is 9.84 Å². The van der Waals surface area contributed by atoms with Gasteiger partial charge in [-0.2, -0.15) is 0 Å². The third kappa shape index (κ3) is 11.2. The summed E-state index contributed by atoms with van der Waals surface area (Å²) in [5.41, 5.74) is 0. The van der Waals surface area contributed by atoms with E-state index in [0.29, 0.717) is 12.8 Å². The second-order valence-corrected chi connectivity index (χ2v) is 9.39. The van der Waals surface area contributed by atoms with Crippen LogP contribution in [0.2, 0.25) is 0 Å². The molecule has 0 saturated carbocycles. The van der Waals surface area contributed by atoms with Crippen molar-refractivity contribution >= 4 is 11.9 Å². The summed E-state index contributed by atoms with van der Waals surface area (Å²) in [4.78, 5) is 24.1. The molecule has 0 amide bonds. The van der Waals surface area contributed by atoms with Crippen LogP contribution in [0.15, 0.2) is 12.2 Å². The van der Waals surface area contributed by atoms with Gasteiger partial charge in [0.25, 0.3) is 0 Å². The van der Waals surface area contributed by atoms with E-state index >= 15 is 0 Å². The highest BCUT2D eigenvalue weighted by atomic mass is 16.5. The molecule has 1 aliphatic rings.